The van der Waals surface area contributed by atoms with E-state index in [9.17, 15) is 22.4 Å². The van der Waals surface area contributed by atoms with Gasteiger partial charge in [-0.1, -0.05) is 11.6 Å². The van der Waals surface area contributed by atoms with Crippen molar-refractivity contribution in [1.29, 1.82) is 0 Å². The number of carbonyl (C=O) groups is 1. The second-order valence-corrected chi connectivity index (χ2v) is 14.9. The number of nitrogens with two attached hydrogens (primary N) is 2. The zero-order valence-electron chi connectivity index (χ0n) is 29.5. The second-order valence-electron chi connectivity index (χ2n) is 14.5. The first-order chi connectivity index (χ1) is 25.3. The van der Waals surface area contributed by atoms with E-state index < -0.39 is 41.1 Å². The first kappa shape index (κ1) is 37.6. The van der Waals surface area contributed by atoms with Crippen LogP contribution in [-0.4, -0.2) is 95.5 Å². The number of nitrogen functional groups attached to an aromatic ring is 1. The van der Waals surface area contributed by atoms with Crippen molar-refractivity contribution >= 4 is 34.7 Å². The molecule has 5 heterocycles. The molecule has 53 heavy (non-hydrogen) atoms. The average Bonchev–Trinajstić information content (AvgIpc) is 4.06. The molecule has 0 radical (unpaired) electrons. The SMILES string of the molecule is COc1nc2c(c(N3CCCN=C(/C(Cl)=C(\N)C(=O)N(C4CC4)C4CC4)C3)n1)COC(c1c(C(F)(F)F)ccc(N)c1F)C2.FC1CC2CCCN2C1. The number of halogens is 6. The summed E-state index contributed by atoms with van der Waals surface area (Å²) in [7, 11) is 1.37. The quantitative estimate of drug-likeness (QED) is 0.215. The Morgan fingerprint density at radius 1 is 1.09 bits per heavy atom. The average molecular weight is 767 g/mol. The van der Waals surface area contributed by atoms with Crippen molar-refractivity contribution in [3.05, 3.63) is 51.1 Å². The van der Waals surface area contributed by atoms with Crippen molar-refractivity contribution in [3.8, 4) is 6.01 Å². The maximum absolute atomic E-state index is 15.1. The van der Waals surface area contributed by atoms with E-state index in [4.69, 9.17) is 32.5 Å². The zero-order chi connectivity index (χ0) is 37.6. The minimum Gasteiger partial charge on any atom is -0.467 e. The Labute approximate surface area is 309 Å². The number of anilines is 2. The van der Waals surface area contributed by atoms with Crippen LogP contribution in [0.2, 0.25) is 0 Å². The van der Waals surface area contributed by atoms with E-state index in [0.717, 1.165) is 50.8 Å². The van der Waals surface area contributed by atoms with E-state index in [-0.39, 0.29) is 54.3 Å². The van der Waals surface area contributed by atoms with Crippen LogP contribution in [0.25, 0.3) is 0 Å². The van der Waals surface area contributed by atoms with Crippen LogP contribution in [-0.2, 0) is 28.7 Å². The van der Waals surface area contributed by atoms with Crippen molar-refractivity contribution in [2.45, 2.75) is 101 Å². The normalized spacial score (nSPS) is 25.0. The Morgan fingerprint density at radius 3 is 2.49 bits per heavy atom. The number of rotatable bonds is 7. The summed E-state index contributed by atoms with van der Waals surface area (Å²) in [5.74, 6) is -1.06. The Morgan fingerprint density at radius 2 is 1.83 bits per heavy atom. The predicted octanol–water partition coefficient (Wildman–Crippen LogP) is 5.45. The van der Waals surface area contributed by atoms with Gasteiger partial charge in [0.1, 0.15) is 17.7 Å². The molecule has 1 amide bonds. The Hall–Kier alpha value is -3.76. The van der Waals surface area contributed by atoms with Crippen LogP contribution in [0.15, 0.2) is 27.9 Å². The molecule has 2 aliphatic carbocycles. The molecule has 3 atom stereocenters. The summed E-state index contributed by atoms with van der Waals surface area (Å²) in [4.78, 5) is 32.9. The van der Waals surface area contributed by atoms with E-state index in [0.29, 0.717) is 54.9 Å². The number of hydrogen-bond acceptors (Lipinski definition) is 10. The first-order valence-electron chi connectivity index (χ1n) is 18.2. The number of benzene rings is 1. The van der Waals surface area contributed by atoms with Gasteiger partial charge >= 0.3 is 12.2 Å². The van der Waals surface area contributed by atoms with Gasteiger partial charge in [0.15, 0.2) is 5.82 Å². The lowest BCUT2D eigenvalue weighted by Gasteiger charge is -2.31. The minimum absolute atomic E-state index is 0.0212. The van der Waals surface area contributed by atoms with E-state index in [1.165, 1.54) is 20.0 Å². The van der Waals surface area contributed by atoms with Crippen molar-refractivity contribution in [1.82, 2.24) is 19.8 Å². The molecule has 3 unspecified atom stereocenters. The third-order valence-corrected chi connectivity index (χ3v) is 11.1. The van der Waals surface area contributed by atoms with Crippen LogP contribution in [0.1, 0.15) is 79.9 Å². The van der Waals surface area contributed by atoms with Gasteiger partial charge in [0.25, 0.3) is 5.91 Å². The van der Waals surface area contributed by atoms with E-state index >= 15 is 4.39 Å². The molecule has 4 aliphatic heterocycles. The fraction of sp³-hybridized carbons (Fsp3) is 0.611. The molecule has 4 fully saturated rings. The summed E-state index contributed by atoms with van der Waals surface area (Å²) >= 11 is 6.72. The number of methoxy groups -OCH3 is 1. The molecule has 2 saturated carbocycles. The lowest BCUT2D eigenvalue weighted by atomic mass is 9.94. The van der Waals surface area contributed by atoms with Crippen LogP contribution in [0.4, 0.5) is 33.5 Å². The molecule has 2 saturated heterocycles. The highest BCUT2D eigenvalue weighted by atomic mass is 35.5. The van der Waals surface area contributed by atoms with E-state index in [1.54, 1.807) is 0 Å². The maximum Gasteiger partial charge on any atom is 0.416 e. The molecule has 11 nitrogen and oxygen atoms in total. The van der Waals surface area contributed by atoms with Gasteiger partial charge in [-0.2, -0.15) is 23.1 Å². The van der Waals surface area contributed by atoms with Gasteiger partial charge in [-0.3, -0.25) is 14.7 Å². The van der Waals surface area contributed by atoms with Crippen LogP contribution < -0.4 is 21.1 Å². The number of ether oxygens (including phenoxy) is 2. The van der Waals surface area contributed by atoms with Gasteiger partial charge in [-0.05, 0) is 70.0 Å². The third kappa shape index (κ3) is 8.04. The van der Waals surface area contributed by atoms with Crippen molar-refractivity contribution in [2.24, 2.45) is 10.7 Å². The highest BCUT2D eigenvalue weighted by Crippen LogP contribution is 2.43. The van der Waals surface area contributed by atoms with Gasteiger partial charge in [0.2, 0.25) is 0 Å². The second kappa shape index (κ2) is 15.2. The van der Waals surface area contributed by atoms with Crippen LogP contribution in [0, 0.1) is 5.82 Å². The molecule has 17 heteroatoms. The predicted molar refractivity (Wildman–Crippen MR) is 189 cm³/mol. The van der Waals surface area contributed by atoms with Gasteiger partial charge in [-0.25, -0.2) is 8.78 Å². The lowest BCUT2D eigenvalue weighted by Crippen LogP contribution is -2.39. The van der Waals surface area contributed by atoms with E-state index in [2.05, 4.69) is 19.9 Å². The van der Waals surface area contributed by atoms with Gasteiger partial charge < -0.3 is 30.7 Å². The zero-order valence-corrected chi connectivity index (χ0v) is 30.2. The molecule has 288 valence electrons. The number of fused-ring (bicyclic) bond motifs is 2. The fourth-order valence-electron chi connectivity index (χ4n) is 7.80. The summed E-state index contributed by atoms with van der Waals surface area (Å²) in [6.45, 7) is 2.72. The summed E-state index contributed by atoms with van der Waals surface area (Å²) in [5.41, 5.74) is 10.9. The molecule has 4 N–H and O–H groups in total. The van der Waals surface area contributed by atoms with Crippen LogP contribution >= 0.6 is 11.6 Å². The molecular weight excluding hydrogens is 723 g/mol. The Kier molecular flexibility index (Phi) is 10.7. The van der Waals surface area contributed by atoms with Crippen molar-refractivity contribution in [2.75, 3.05) is 50.5 Å². The number of alkyl halides is 4. The molecule has 0 spiro atoms. The third-order valence-electron chi connectivity index (χ3n) is 10.7. The molecule has 0 bridgehead atoms. The van der Waals surface area contributed by atoms with Gasteiger partial charge in [0.05, 0.1) is 54.1 Å². The molecule has 2 aromatic rings. The largest absolute Gasteiger partial charge is 0.467 e. The Balaban J connectivity index is 0.000000418. The number of aliphatic imine (C=N–C) groups is 1. The lowest BCUT2D eigenvalue weighted by molar-refractivity contribution is -0.140. The topological polar surface area (TPSA) is 135 Å². The summed E-state index contributed by atoms with van der Waals surface area (Å²) in [6.07, 6.45) is 0.925. The smallest absolute Gasteiger partial charge is 0.416 e. The summed E-state index contributed by atoms with van der Waals surface area (Å²) in [5, 5.41) is 0.0798. The number of nitrogens with zero attached hydrogens (tertiary/aromatic N) is 6. The molecule has 6 aliphatic rings. The standard InChI is InChI=1S/C29H32ClF4N7O3.C7H12FN/c1-43-28-38-19-11-21(22-17(29(32,33)34)7-8-18(35)24(22)31)44-13-16(19)26(39-28)40-10-2-9-37-20(12-40)23(30)25(36)27(42)41(14-3-4-14)15-5-6-15;8-6-4-7-2-1-3-9(7)5-6/h7-8,14-15,21H,2-6,9-13,35-36H2,1H3;6-7H,1-5H2/b25-23+;. The molecule has 1 aromatic heterocycles. The van der Waals surface area contributed by atoms with Crippen molar-refractivity contribution < 1.29 is 36.2 Å². The van der Waals surface area contributed by atoms with Crippen LogP contribution in [0.5, 0.6) is 6.01 Å². The van der Waals surface area contributed by atoms with E-state index in [1.807, 2.05) is 9.80 Å². The molecule has 1 aromatic carbocycles. The summed E-state index contributed by atoms with van der Waals surface area (Å²) < 4.78 is 80.4. The minimum atomic E-state index is -4.83. The highest BCUT2D eigenvalue weighted by molar-refractivity contribution is 6.45. The monoisotopic (exact) mass is 766 g/mol. The maximum atomic E-state index is 15.1. The van der Waals surface area contributed by atoms with Crippen LogP contribution in [0.3, 0.4) is 0 Å². The number of aromatic nitrogens is 2. The Bertz CT molecular complexity index is 1760. The van der Waals surface area contributed by atoms with Gasteiger partial charge in [0, 0.05) is 55.3 Å². The number of amides is 1. The molecule has 8 rings (SSSR count). The first-order valence-corrected chi connectivity index (χ1v) is 18.6. The summed E-state index contributed by atoms with van der Waals surface area (Å²) in [6, 6.07) is 2.62. The van der Waals surface area contributed by atoms with Gasteiger partial charge in [-0.15, -0.1) is 0 Å². The number of carbonyl (C=O) groups excluding carboxylic acids is 1. The molecular formula is C36H44ClF5N8O3. The van der Waals surface area contributed by atoms with Crippen molar-refractivity contribution in [3.63, 3.8) is 0 Å². The fourth-order valence-corrected chi connectivity index (χ4v) is 8.00. The number of hydrogen-bond donors (Lipinski definition) is 2. The highest BCUT2D eigenvalue weighted by Gasteiger charge is 2.44.